The molecule has 0 aliphatic carbocycles. The Balaban J connectivity index is 1.99. The second-order valence-corrected chi connectivity index (χ2v) is 6.61. The third-order valence-electron chi connectivity index (χ3n) is 2.67. The Morgan fingerprint density at radius 2 is 2.10 bits per heavy atom. The summed E-state index contributed by atoms with van der Waals surface area (Å²) in [6.07, 6.45) is 0. The monoisotopic (exact) mass is 323 g/mol. The Morgan fingerprint density at radius 1 is 1.33 bits per heavy atom. The van der Waals surface area contributed by atoms with Gasteiger partial charge in [-0.3, -0.25) is 4.79 Å². The SMILES string of the molecule is Cc1nnc(SCC(=O)Nc2cccc(C(=O)O)c2C)s1. The van der Waals surface area contributed by atoms with Crippen LogP contribution >= 0.6 is 23.1 Å². The number of thioether (sulfide) groups is 1. The van der Waals surface area contributed by atoms with Crippen molar-refractivity contribution < 1.29 is 14.7 Å². The predicted molar refractivity (Wildman–Crippen MR) is 82.1 cm³/mol. The van der Waals surface area contributed by atoms with Crippen molar-refractivity contribution in [3.63, 3.8) is 0 Å². The van der Waals surface area contributed by atoms with Gasteiger partial charge in [0, 0.05) is 5.69 Å². The number of hydrogen-bond donors (Lipinski definition) is 2. The van der Waals surface area contributed by atoms with E-state index >= 15 is 0 Å². The van der Waals surface area contributed by atoms with Crippen LogP contribution in [0.25, 0.3) is 0 Å². The van der Waals surface area contributed by atoms with Crippen LogP contribution in [0.1, 0.15) is 20.9 Å². The van der Waals surface area contributed by atoms with Gasteiger partial charge in [-0.25, -0.2) is 4.79 Å². The lowest BCUT2D eigenvalue weighted by atomic mass is 10.1. The van der Waals surface area contributed by atoms with Gasteiger partial charge < -0.3 is 10.4 Å². The molecule has 0 unspecified atom stereocenters. The van der Waals surface area contributed by atoms with E-state index in [4.69, 9.17) is 5.11 Å². The molecule has 1 amide bonds. The molecule has 2 N–H and O–H groups in total. The van der Waals surface area contributed by atoms with Crippen molar-refractivity contribution in [3.8, 4) is 0 Å². The van der Waals surface area contributed by atoms with Crippen molar-refractivity contribution in [1.29, 1.82) is 0 Å². The lowest BCUT2D eigenvalue weighted by Crippen LogP contribution is -2.15. The molecular formula is C13H13N3O3S2. The molecule has 0 fully saturated rings. The van der Waals surface area contributed by atoms with Crippen molar-refractivity contribution in [2.24, 2.45) is 0 Å². The molecule has 21 heavy (non-hydrogen) atoms. The molecule has 0 aliphatic rings. The Morgan fingerprint density at radius 3 is 2.71 bits per heavy atom. The fourth-order valence-electron chi connectivity index (χ4n) is 1.65. The topological polar surface area (TPSA) is 92.2 Å². The third-order valence-corrected chi connectivity index (χ3v) is 4.64. The molecule has 2 aromatic rings. The summed E-state index contributed by atoms with van der Waals surface area (Å²) in [5.41, 5.74) is 1.23. The normalized spacial score (nSPS) is 10.4. The van der Waals surface area contributed by atoms with Crippen LogP contribution in [0.2, 0.25) is 0 Å². The second-order valence-electron chi connectivity index (χ2n) is 4.21. The van der Waals surface area contributed by atoms with E-state index in [2.05, 4.69) is 15.5 Å². The molecule has 1 aromatic carbocycles. The van der Waals surface area contributed by atoms with Crippen molar-refractivity contribution in [2.45, 2.75) is 18.2 Å². The van der Waals surface area contributed by atoms with Crippen LogP contribution in [0.5, 0.6) is 0 Å². The second kappa shape index (κ2) is 6.68. The predicted octanol–water partition coefficient (Wildman–Crippen LogP) is 2.58. The number of anilines is 1. The number of aryl methyl sites for hydroxylation is 1. The summed E-state index contributed by atoms with van der Waals surface area (Å²) in [5.74, 6) is -1.02. The number of amides is 1. The molecule has 0 radical (unpaired) electrons. The van der Waals surface area contributed by atoms with Crippen LogP contribution < -0.4 is 5.32 Å². The van der Waals surface area contributed by atoms with Gasteiger partial charge in [-0.1, -0.05) is 29.2 Å². The van der Waals surface area contributed by atoms with Gasteiger partial charge in [0.2, 0.25) is 5.91 Å². The molecule has 0 spiro atoms. The maximum atomic E-state index is 11.9. The number of aromatic nitrogens is 2. The first kappa shape index (κ1) is 15.5. The molecule has 110 valence electrons. The molecule has 8 heteroatoms. The summed E-state index contributed by atoms with van der Waals surface area (Å²) < 4.78 is 0.735. The standard InChI is InChI=1S/C13H13N3O3S2/c1-7-9(12(18)19)4-3-5-10(7)14-11(17)6-20-13-16-15-8(2)21-13/h3-5H,6H2,1-2H3,(H,14,17)(H,18,19). The van der Waals surface area contributed by atoms with Crippen molar-refractivity contribution in [3.05, 3.63) is 34.3 Å². The van der Waals surface area contributed by atoms with Gasteiger partial charge in [-0.2, -0.15) is 0 Å². The van der Waals surface area contributed by atoms with E-state index in [1.54, 1.807) is 19.1 Å². The van der Waals surface area contributed by atoms with E-state index in [1.807, 2.05) is 6.92 Å². The molecule has 0 atom stereocenters. The van der Waals surface area contributed by atoms with Crippen molar-refractivity contribution in [2.75, 3.05) is 11.1 Å². The first-order valence-electron chi connectivity index (χ1n) is 6.03. The number of hydrogen-bond acceptors (Lipinski definition) is 6. The van der Waals surface area contributed by atoms with Crippen molar-refractivity contribution in [1.82, 2.24) is 10.2 Å². The molecule has 1 heterocycles. The quantitative estimate of drug-likeness (QED) is 0.822. The zero-order chi connectivity index (χ0) is 15.4. The lowest BCUT2D eigenvalue weighted by Gasteiger charge is -2.09. The fraction of sp³-hybridized carbons (Fsp3) is 0.231. The van der Waals surface area contributed by atoms with Crippen LogP contribution in [0.15, 0.2) is 22.5 Å². The average Bonchev–Trinajstić information content (AvgIpc) is 2.84. The van der Waals surface area contributed by atoms with Crippen LogP contribution in [0.3, 0.4) is 0 Å². The number of carbonyl (C=O) groups excluding carboxylic acids is 1. The van der Waals surface area contributed by atoms with E-state index in [1.165, 1.54) is 29.2 Å². The Bertz CT molecular complexity index is 685. The van der Waals surface area contributed by atoms with Crippen LogP contribution in [-0.4, -0.2) is 32.9 Å². The molecular weight excluding hydrogens is 310 g/mol. The maximum absolute atomic E-state index is 11.9. The molecule has 0 bridgehead atoms. The van der Waals surface area contributed by atoms with Gasteiger partial charge in [-0.15, -0.1) is 10.2 Å². The largest absolute Gasteiger partial charge is 0.478 e. The highest BCUT2D eigenvalue weighted by Crippen LogP contribution is 2.23. The van der Waals surface area contributed by atoms with Gasteiger partial charge in [0.25, 0.3) is 0 Å². The van der Waals surface area contributed by atoms with Gasteiger partial charge in [-0.05, 0) is 31.5 Å². The number of aromatic carboxylic acids is 1. The summed E-state index contributed by atoms with van der Waals surface area (Å²) in [7, 11) is 0. The molecule has 0 aliphatic heterocycles. The summed E-state index contributed by atoms with van der Waals surface area (Å²) in [4.78, 5) is 22.9. The zero-order valence-electron chi connectivity index (χ0n) is 11.4. The molecule has 1 aromatic heterocycles. The molecule has 6 nitrogen and oxygen atoms in total. The lowest BCUT2D eigenvalue weighted by molar-refractivity contribution is -0.113. The molecule has 2 rings (SSSR count). The number of nitrogens with one attached hydrogen (secondary N) is 1. The number of carboxylic acid groups (broad SMARTS) is 1. The Kier molecular flexibility index (Phi) is 4.92. The van der Waals surface area contributed by atoms with Gasteiger partial charge in [0.15, 0.2) is 4.34 Å². The van der Waals surface area contributed by atoms with Crippen LogP contribution in [0.4, 0.5) is 5.69 Å². The fourth-order valence-corrected chi connectivity index (χ4v) is 3.27. The summed E-state index contributed by atoms with van der Waals surface area (Å²) >= 11 is 2.73. The Labute approximate surface area is 129 Å². The smallest absolute Gasteiger partial charge is 0.336 e. The van der Waals surface area contributed by atoms with Gasteiger partial charge >= 0.3 is 5.97 Å². The van der Waals surface area contributed by atoms with E-state index in [-0.39, 0.29) is 17.2 Å². The highest BCUT2D eigenvalue weighted by Gasteiger charge is 2.12. The molecule has 0 saturated carbocycles. The maximum Gasteiger partial charge on any atom is 0.336 e. The van der Waals surface area contributed by atoms with Crippen LogP contribution in [-0.2, 0) is 4.79 Å². The Hall–Kier alpha value is -1.93. The zero-order valence-corrected chi connectivity index (χ0v) is 13.0. The van der Waals surface area contributed by atoms with Crippen molar-refractivity contribution >= 4 is 40.7 Å². The summed E-state index contributed by atoms with van der Waals surface area (Å²) in [6.45, 7) is 3.52. The van der Waals surface area contributed by atoms with E-state index in [0.717, 1.165) is 9.35 Å². The number of benzene rings is 1. The minimum absolute atomic E-state index is 0.181. The van der Waals surface area contributed by atoms with Gasteiger partial charge in [0.05, 0.1) is 11.3 Å². The third kappa shape index (κ3) is 4.02. The average molecular weight is 323 g/mol. The first-order valence-corrected chi connectivity index (χ1v) is 7.83. The van der Waals surface area contributed by atoms with E-state index in [9.17, 15) is 9.59 Å². The van der Waals surface area contributed by atoms with E-state index < -0.39 is 5.97 Å². The van der Waals surface area contributed by atoms with Crippen LogP contribution in [0, 0.1) is 13.8 Å². The number of rotatable bonds is 5. The minimum atomic E-state index is -1.01. The number of carboxylic acids is 1. The highest BCUT2D eigenvalue weighted by atomic mass is 32.2. The molecule has 0 saturated heterocycles. The minimum Gasteiger partial charge on any atom is -0.478 e. The number of nitrogens with zero attached hydrogens (tertiary/aromatic N) is 2. The van der Waals surface area contributed by atoms with Gasteiger partial charge in [0.1, 0.15) is 5.01 Å². The summed E-state index contributed by atoms with van der Waals surface area (Å²) in [6, 6.07) is 4.79. The number of carbonyl (C=O) groups is 2. The first-order chi connectivity index (χ1) is 9.97. The summed E-state index contributed by atoms with van der Waals surface area (Å²) in [5, 5.41) is 20.4. The highest BCUT2D eigenvalue weighted by molar-refractivity contribution is 8.01. The van der Waals surface area contributed by atoms with E-state index in [0.29, 0.717) is 11.3 Å².